The van der Waals surface area contributed by atoms with Crippen molar-refractivity contribution in [2.75, 3.05) is 30.4 Å². The molecule has 0 spiro atoms. The van der Waals surface area contributed by atoms with Gasteiger partial charge in [-0.2, -0.15) is 0 Å². The van der Waals surface area contributed by atoms with Gasteiger partial charge in [-0.15, -0.1) is 0 Å². The zero-order valence-corrected chi connectivity index (χ0v) is 8.67. The minimum atomic E-state index is 0.972. The first-order valence-corrected chi connectivity index (χ1v) is 4.83. The fourth-order valence-corrected chi connectivity index (χ4v) is 1.24. The van der Waals surface area contributed by atoms with Crippen LogP contribution in [0.4, 0.5) is 11.4 Å². The predicted molar refractivity (Wildman–Crippen MR) is 59.5 cm³/mol. The summed E-state index contributed by atoms with van der Waals surface area (Å²) in [6.45, 7) is 6.27. The third-order valence-corrected chi connectivity index (χ3v) is 2.14. The Labute approximate surface area is 80.6 Å². The van der Waals surface area contributed by atoms with Crippen LogP contribution in [0.15, 0.2) is 24.3 Å². The van der Waals surface area contributed by atoms with E-state index in [1.165, 1.54) is 11.4 Å². The van der Waals surface area contributed by atoms with E-state index in [0.717, 1.165) is 13.1 Å². The Morgan fingerprint density at radius 3 is 2.69 bits per heavy atom. The second kappa shape index (κ2) is 4.75. The number of hydrogen-bond acceptors (Lipinski definition) is 2. The minimum absolute atomic E-state index is 0.972. The molecule has 0 fully saturated rings. The molecule has 2 heteroatoms. The summed E-state index contributed by atoms with van der Waals surface area (Å²) >= 11 is 0. The van der Waals surface area contributed by atoms with Gasteiger partial charge in [-0.3, -0.25) is 0 Å². The van der Waals surface area contributed by atoms with E-state index >= 15 is 0 Å². The third kappa shape index (κ3) is 2.65. The number of nitrogens with one attached hydrogen (secondary N) is 1. The van der Waals surface area contributed by atoms with Crippen LogP contribution in [0.5, 0.6) is 0 Å². The third-order valence-electron chi connectivity index (χ3n) is 2.14. The summed E-state index contributed by atoms with van der Waals surface area (Å²) in [4.78, 5) is 2.22. The summed E-state index contributed by atoms with van der Waals surface area (Å²) in [5.74, 6) is 0. The lowest BCUT2D eigenvalue weighted by Gasteiger charge is -2.17. The SMILES string of the molecule is CCNc1cccc(N(C)CC)c1. The first-order chi connectivity index (χ1) is 6.27. The summed E-state index contributed by atoms with van der Waals surface area (Å²) in [7, 11) is 2.10. The van der Waals surface area contributed by atoms with Gasteiger partial charge in [0.15, 0.2) is 0 Å². The summed E-state index contributed by atoms with van der Waals surface area (Å²) < 4.78 is 0. The highest BCUT2D eigenvalue weighted by molar-refractivity contribution is 5.57. The molecule has 0 amide bonds. The molecule has 1 rings (SSSR count). The Kier molecular flexibility index (Phi) is 3.62. The molecular formula is C11H18N2. The molecule has 13 heavy (non-hydrogen) atoms. The molecule has 1 aromatic carbocycles. The molecule has 0 atom stereocenters. The van der Waals surface area contributed by atoms with Gasteiger partial charge >= 0.3 is 0 Å². The lowest BCUT2D eigenvalue weighted by atomic mass is 10.2. The lowest BCUT2D eigenvalue weighted by Crippen LogP contribution is -2.15. The van der Waals surface area contributed by atoms with Crippen LogP contribution < -0.4 is 10.2 Å². The Morgan fingerprint density at radius 2 is 2.08 bits per heavy atom. The topological polar surface area (TPSA) is 15.3 Å². The van der Waals surface area contributed by atoms with E-state index in [4.69, 9.17) is 0 Å². The number of nitrogens with zero attached hydrogens (tertiary/aromatic N) is 1. The van der Waals surface area contributed by atoms with Crippen LogP contribution in [0.25, 0.3) is 0 Å². The number of hydrogen-bond donors (Lipinski definition) is 1. The fraction of sp³-hybridized carbons (Fsp3) is 0.455. The maximum Gasteiger partial charge on any atom is 0.0384 e. The van der Waals surface area contributed by atoms with Crippen LogP contribution in [-0.2, 0) is 0 Å². The second-order valence-electron chi connectivity index (χ2n) is 3.09. The van der Waals surface area contributed by atoms with Crippen molar-refractivity contribution in [1.29, 1.82) is 0 Å². The Bertz CT molecular complexity index is 258. The van der Waals surface area contributed by atoms with E-state index < -0.39 is 0 Å². The summed E-state index contributed by atoms with van der Waals surface area (Å²) in [5, 5.41) is 3.30. The first kappa shape index (κ1) is 9.90. The van der Waals surface area contributed by atoms with Crippen molar-refractivity contribution in [2.24, 2.45) is 0 Å². The monoisotopic (exact) mass is 178 g/mol. The summed E-state index contributed by atoms with van der Waals surface area (Å²) in [6, 6.07) is 8.48. The van der Waals surface area contributed by atoms with Crippen LogP contribution in [-0.4, -0.2) is 20.1 Å². The van der Waals surface area contributed by atoms with Crippen LogP contribution in [0, 0.1) is 0 Å². The molecule has 0 unspecified atom stereocenters. The molecule has 2 nitrogen and oxygen atoms in total. The van der Waals surface area contributed by atoms with E-state index in [2.05, 4.69) is 55.4 Å². The van der Waals surface area contributed by atoms with Crippen LogP contribution in [0.2, 0.25) is 0 Å². The minimum Gasteiger partial charge on any atom is -0.385 e. The van der Waals surface area contributed by atoms with Crippen molar-refractivity contribution in [1.82, 2.24) is 0 Å². The van der Waals surface area contributed by atoms with Crippen molar-refractivity contribution in [2.45, 2.75) is 13.8 Å². The molecular weight excluding hydrogens is 160 g/mol. The standard InChI is InChI=1S/C11H18N2/c1-4-12-10-7-6-8-11(9-10)13(3)5-2/h6-9,12H,4-5H2,1-3H3. The molecule has 0 radical (unpaired) electrons. The highest BCUT2D eigenvalue weighted by atomic mass is 15.1. The molecule has 1 aromatic rings. The van der Waals surface area contributed by atoms with Crippen LogP contribution in [0.1, 0.15) is 13.8 Å². The van der Waals surface area contributed by atoms with E-state index in [-0.39, 0.29) is 0 Å². The van der Waals surface area contributed by atoms with E-state index in [9.17, 15) is 0 Å². The summed E-state index contributed by atoms with van der Waals surface area (Å²) in [6.07, 6.45) is 0. The van der Waals surface area contributed by atoms with Crippen molar-refractivity contribution in [3.8, 4) is 0 Å². The predicted octanol–water partition coefficient (Wildman–Crippen LogP) is 2.57. The van der Waals surface area contributed by atoms with Gasteiger partial charge in [0.25, 0.3) is 0 Å². The average Bonchev–Trinajstić information content (AvgIpc) is 2.18. The molecule has 0 aromatic heterocycles. The quantitative estimate of drug-likeness (QED) is 0.762. The highest BCUT2D eigenvalue weighted by Gasteiger charge is 1.97. The van der Waals surface area contributed by atoms with Crippen LogP contribution >= 0.6 is 0 Å². The smallest absolute Gasteiger partial charge is 0.0384 e. The molecule has 0 aliphatic carbocycles. The van der Waals surface area contributed by atoms with Gasteiger partial charge in [-0.1, -0.05) is 6.07 Å². The number of rotatable bonds is 4. The van der Waals surface area contributed by atoms with Gasteiger partial charge in [-0.25, -0.2) is 0 Å². The molecule has 0 aliphatic rings. The van der Waals surface area contributed by atoms with Gasteiger partial charge < -0.3 is 10.2 Å². The summed E-state index contributed by atoms with van der Waals surface area (Å²) in [5.41, 5.74) is 2.46. The van der Waals surface area contributed by atoms with Crippen molar-refractivity contribution in [3.63, 3.8) is 0 Å². The average molecular weight is 178 g/mol. The number of benzene rings is 1. The molecule has 0 bridgehead atoms. The zero-order chi connectivity index (χ0) is 9.68. The molecule has 0 heterocycles. The maximum atomic E-state index is 3.30. The number of anilines is 2. The van der Waals surface area contributed by atoms with Gasteiger partial charge in [0.05, 0.1) is 0 Å². The molecule has 72 valence electrons. The maximum absolute atomic E-state index is 3.30. The molecule has 0 aliphatic heterocycles. The van der Waals surface area contributed by atoms with E-state index in [1.54, 1.807) is 0 Å². The zero-order valence-electron chi connectivity index (χ0n) is 8.67. The largest absolute Gasteiger partial charge is 0.385 e. The van der Waals surface area contributed by atoms with E-state index in [0.29, 0.717) is 0 Å². The Balaban J connectivity index is 2.78. The van der Waals surface area contributed by atoms with Gasteiger partial charge in [0.1, 0.15) is 0 Å². The Hall–Kier alpha value is -1.18. The Morgan fingerprint density at radius 1 is 1.31 bits per heavy atom. The fourth-order valence-electron chi connectivity index (χ4n) is 1.24. The molecule has 1 N–H and O–H groups in total. The van der Waals surface area contributed by atoms with Crippen molar-refractivity contribution in [3.05, 3.63) is 24.3 Å². The van der Waals surface area contributed by atoms with Gasteiger partial charge in [0, 0.05) is 31.5 Å². The van der Waals surface area contributed by atoms with Crippen molar-refractivity contribution >= 4 is 11.4 Å². The van der Waals surface area contributed by atoms with Gasteiger partial charge in [0.2, 0.25) is 0 Å². The second-order valence-corrected chi connectivity index (χ2v) is 3.09. The van der Waals surface area contributed by atoms with E-state index in [1.807, 2.05) is 0 Å². The van der Waals surface area contributed by atoms with Gasteiger partial charge in [-0.05, 0) is 32.0 Å². The lowest BCUT2D eigenvalue weighted by molar-refractivity contribution is 0.968. The molecule has 0 saturated carbocycles. The van der Waals surface area contributed by atoms with Crippen LogP contribution in [0.3, 0.4) is 0 Å². The normalized spacial score (nSPS) is 9.77. The first-order valence-electron chi connectivity index (χ1n) is 4.83. The molecule has 0 saturated heterocycles. The van der Waals surface area contributed by atoms with Crippen molar-refractivity contribution < 1.29 is 0 Å². The highest BCUT2D eigenvalue weighted by Crippen LogP contribution is 2.17.